The maximum atomic E-state index is 13.0. The Morgan fingerprint density at radius 1 is 1.29 bits per heavy atom. The van der Waals surface area contributed by atoms with Crippen LogP contribution in [0.15, 0.2) is 41.3 Å². The monoisotopic (exact) mass is 419 g/mol. The zero-order valence-corrected chi connectivity index (χ0v) is 17.5. The van der Waals surface area contributed by atoms with E-state index in [0.717, 1.165) is 21.7 Å². The van der Waals surface area contributed by atoms with Crippen molar-refractivity contribution >= 4 is 38.2 Å². The third-order valence-corrected chi connectivity index (χ3v) is 7.41. The van der Waals surface area contributed by atoms with Crippen LogP contribution in [0.1, 0.15) is 46.3 Å². The summed E-state index contributed by atoms with van der Waals surface area (Å²) < 4.78 is 0. The minimum absolute atomic E-state index is 0.111. The van der Waals surface area contributed by atoms with Gasteiger partial charge in [-0.1, -0.05) is 23.7 Å². The molecule has 7 heteroatoms. The number of H-pyrrole nitrogens is 1. The van der Waals surface area contributed by atoms with Gasteiger partial charge in [0.05, 0.1) is 0 Å². The van der Waals surface area contributed by atoms with Crippen LogP contribution in [0.4, 0.5) is 0 Å². The first-order valence-electron chi connectivity index (χ1n) is 9.25. The Kier molecular flexibility index (Phi) is 6.54. The molecular weight excluding hydrogens is 396 g/mol. The van der Waals surface area contributed by atoms with E-state index in [1.165, 1.54) is 6.20 Å². The number of aromatic nitrogens is 1. The SMILES string of the molecule is CC(C)[s+]1c(CCCO)cc2c(=O)c(C(=O)NCc3ccc(Cl)cc3)c[nH]c21. The number of carbonyl (C=O) groups excluding carboxylic acids is 1. The quantitative estimate of drug-likeness (QED) is 0.497. The number of hydrogen-bond donors (Lipinski definition) is 3. The zero-order chi connectivity index (χ0) is 20.3. The van der Waals surface area contributed by atoms with E-state index in [4.69, 9.17) is 16.7 Å². The Labute approximate surface area is 171 Å². The number of hydrogen-bond acceptors (Lipinski definition) is 3. The van der Waals surface area contributed by atoms with Crippen molar-refractivity contribution in [2.24, 2.45) is 0 Å². The molecule has 1 unspecified atom stereocenters. The van der Waals surface area contributed by atoms with Crippen molar-refractivity contribution in [1.82, 2.24) is 10.3 Å². The fraction of sp³-hybridized carbons (Fsp3) is 0.333. The summed E-state index contributed by atoms with van der Waals surface area (Å²) in [6, 6.07) is 9.09. The summed E-state index contributed by atoms with van der Waals surface area (Å²) in [6.45, 7) is 4.68. The molecule has 3 rings (SSSR count). The highest BCUT2D eigenvalue weighted by molar-refractivity contribution is 7.37. The molecule has 0 radical (unpaired) electrons. The second kappa shape index (κ2) is 8.90. The number of halogens is 1. The van der Waals surface area contributed by atoms with Crippen LogP contribution < -0.4 is 10.7 Å². The smallest absolute Gasteiger partial charge is 0.257 e. The zero-order valence-electron chi connectivity index (χ0n) is 15.9. The number of amides is 1. The van der Waals surface area contributed by atoms with Gasteiger partial charge >= 0.3 is 0 Å². The van der Waals surface area contributed by atoms with E-state index in [9.17, 15) is 9.59 Å². The van der Waals surface area contributed by atoms with Crippen molar-refractivity contribution in [3.05, 3.63) is 67.8 Å². The third kappa shape index (κ3) is 4.29. The van der Waals surface area contributed by atoms with E-state index in [1.54, 1.807) is 12.1 Å². The molecule has 0 aliphatic heterocycles. The molecule has 1 amide bonds. The fourth-order valence-electron chi connectivity index (χ4n) is 3.22. The molecular formula is C21H24ClN2O3S+. The Hall–Kier alpha value is -2.15. The van der Waals surface area contributed by atoms with Gasteiger partial charge in [-0.25, -0.2) is 0 Å². The average Bonchev–Trinajstić information content (AvgIpc) is 3.05. The number of rotatable bonds is 7. The minimum Gasteiger partial charge on any atom is -0.396 e. The number of aryl methyl sites for hydroxylation is 1. The van der Waals surface area contributed by atoms with Crippen molar-refractivity contribution < 1.29 is 9.90 Å². The Morgan fingerprint density at radius 3 is 2.64 bits per heavy atom. The first-order valence-corrected chi connectivity index (χ1v) is 10.9. The Morgan fingerprint density at radius 2 is 2.00 bits per heavy atom. The summed E-state index contributed by atoms with van der Waals surface area (Å²) in [5.74, 6) is -0.402. The molecule has 5 nitrogen and oxygen atoms in total. The fourth-order valence-corrected chi connectivity index (χ4v) is 5.87. The summed E-state index contributed by atoms with van der Waals surface area (Å²) in [7, 11) is -0.210. The van der Waals surface area contributed by atoms with Crippen molar-refractivity contribution in [2.75, 3.05) is 6.61 Å². The molecule has 0 saturated carbocycles. The van der Waals surface area contributed by atoms with Crippen LogP contribution >= 0.6 is 22.1 Å². The number of pyridine rings is 1. The molecule has 3 N–H and O–H groups in total. The van der Waals surface area contributed by atoms with E-state index in [0.29, 0.717) is 28.6 Å². The summed E-state index contributed by atoms with van der Waals surface area (Å²) in [5.41, 5.74) is 0.766. The lowest BCUT2D eigenvalue weighted by Gasteiger charge is -2.05. The van der Waals surface area contributed by atoms with E-state index in [1.807, 2.05) is 18.2 Å². The first-order chi connectivity index (χ1) is 13.4. The Bertz CT molecular complexity index is 1040. The van der Waals surface area contributed by atoms with Gasteiger partial charge in [-0.2, -0.15) is 0 Å². The average molecular weight is 420 g/mol. The second-order valence-electron chi connectivity index (χ2n) is 6.91. The molecule has 0 saturated heterocycles. The summed E-state index contributed by atoms with van der Waals surface area (Å²) in [6.07, 6.45) is 2.93. The lowest BCUT2D eigenvalue weighted by atomic mass is 10.2. The molecule has 1 atom stereocenters. The summed E-state index contributed by atoms with van der Waals surface area (Å²) in [5, 5.41) is 13.5. The van der Waals surface area contributed by atoms with Gasteiger partial charge in [-0.3, -0.25) is 9.59 Å². The van der Waals surface area contributed by atoms with E-state index >= 15 is 0 Å². The number of benzene rings is 1. The molecule has 1 aromatic carbocycles. The van der Waals surface area contributed by atoms with E-state index in [2.05, 4.69) is 24.1 Å². The molecule has 0 aliphatic rings. The van der Waals surface area contributed by atoms with Crippen molar-refractivity contribution in [2.45, 2.75) is 38.5 Å². The summed E-state index contributed by atoms with van der Waals surface area (Å²) in [4.78, 5) is 30.8. The van der Waals surface area contributed by atoms with Gasteiger partial charge in [0.25, 0.3) is 10.7 Å². The van der Waals surface area contributed by atoms with E-state index in [-0.39, 0.29) is 28.1 Å². The number of aromatic amines is 1. The third-order valence-electron chi connectivity index (χ3n) is 4.55. The van der Waals surface area contributed by atoms with Crippen LogP contribution in [0.25, 0.3) is 10.2 Å². The highest BCUT2D eigenvalue weighted by Crippen LogP contribution is 2.42. The predicted octanol–water partition coefficient (Wildman–Crippen LogP) is 4.37. The van der Waals surface area contributed by atoms with Crippen LogP contribution in [-0.4, -0.2) is 22.6 Å². The van der Waals surface area contributed by atoms with Gasteiger partial charge in [-0.05, 0) is 38.0 Å². The largest absolute Gasteiger partial charge is 0.396 e. The molecule has 0 spiro atoms. The second-order valence-corrected chi connectivity index (χ2v) is 9.90. The normalized spacial score (nSPS) is 12.0. The van der Waals surface area contributed by atoms with Crippen LogP contribution in [0, 0.1) is 0 Å². The number of carbonyl (C=O) groups is 1. The van der Waals surface area contributed by atoms with Crippen molar-refractivity contribution in [3.8, 4) is 0 Å². The van der Waals surface area contributed by atoms with Crippen LogP contribution in [0.2, 0.25) is 5.02 Å². The van der Waals surface area contributed by atoms with Gasteiger partial charge in [0.1, 0.15) is 16.2 Å². The van der Waals surface area contributed by atoms with Gasteiger partial charge < -0.3 is 15.4 Å². The highest BCUT2D eigenvalue weighted by atomic mass is 35.5. The van der Waals surface area contributed by atoms with Crippen LogP contribution in [0.3, 0.4) is 0 Å². The summed E-state index contributed by atoms with van der Waals surface area (Å²) >= 11 is 5.87. The minimum atomic E-state index is -0.402. The van der Waals surface area contributed by atoms with Crippen molar-refractivity contribution in [1.29, 1.82) is 0 Å². The lowest BCUT2D eigenvalue weighted by molar-refractivity contribution is 0.0949. The maximum Gasteiger partial charge on any atom is 0.257 e. The van der Waals surface area contributed by atoms with Crippen molar-refractivity contribution in [3.63, 3.8) is 0 Å². The number of nitrogens with one attached hydrogen (secondary N) is 2. The number of aliphatic hydroxyl groups excluding tert-OH is 1. The van der Waals surface area contributed by atoms with E-state index < -0.39 is 5.91 Å². The number of aliphatic hydroxyl groups is 1. The van der Waals surface area contributed by atoms with Crippen LogP contribution in [-0.2, 0) is 13.0 Å². The topological polar surface area (TPSA) is 82.2 Å². The number of thiophene rings is 1. The Balaban J connectivity index is 1.89. The number of fused-ring (bicyclic) bond motifs is 1. The molecule has 2 aromatic heterocycles. The lowest BCUT2D eigenvalue weighted by Crippen LogP contribution is -2.28. The van der Waals surface area contributed by atoms with Crippen LogP contribution in [0.5, 0.6) is 0 Å². The first kappa shape index (κ1) is 20.6. The molecule has 28 heavy (non-hydrogen) atoms. The molecule has 2 heterocycles. The molecule has 148 valence electrons. The molecule has 3 aromatic rings. The molecule has 0 bridgehead atoms. The van der Waals surface area contributed by atoms with Gasteiger partial charge in [0, 0.05) is 47.3 Å². The van der Waals surface area contributed by atoms with Gasteiger partial charge in [0.15, 0.2) is 4.88 Å². The predicted molar refractivity (Wildman–Crippen MR) is 115 cm³/mol. The standard InChI is InChI=1S/C21H23ClN2O3S/c1-13(2)28-16(4-3-9-25)10-17-19(26)18(12-24-21(17)28)20(27)23-11-14-5-7-15(22)8-6-14/h5-8,10,12-13,25H,3-4,9,11H2,1-2H3,(H-,23,24,26,27)/p+1. The maximum absolute atomic E-state index is 13.0. The van der Waals surface area contributed by atoms with Gasteiger partial charge in [-0.15, -0.1) is 0 Å². The molecule has 0 fully saturated rings. The molecule has 0 aliphatic carbocycles. The highest BCUT2D eigenvalue weighted by Gasteiger charge is 2.27. The van der Waals surface area contributed by atoms with Gasteiger partial charge in [0.2, 0.25) is 5.43 Å².